The third kappa shape index (κ3) is 2.67. The molecule has 1 aliphatic heterocycles. The van der Waals surface area contributed by atoms with Gasteiger partial charge in [-0.1, -0.05) is 0 Å². The molecule has 0 aromatic carbocycles. The second-order valence-electron chi connectivity index (χ2n) is 3.52. The molecule has 4 nitrogen and oxygen atoms in total. The highest BCUT2D eigenvalue weighted by molar-refractivity contribution is 5.74. The molecule has 1 aliphatic rings. The van der Waals surface area contributed by atoms with Crippen LogP contribution in [-0.4, -0.2) is 38.4 Å². The molecule has 0 saturated carbocycles. The molecule has 0 radical (unpaired) electrons. The molecule has 1 heterocycles. The van der Waals surface area contributed by atoms with Crippen molar-refractivity contribution in [1.29, 1.82) is 0 Å². The molecule has 0 aliphatic carbocycles. The lowest BCUT2D eigenvalue weighted by molar-refractivity contribution is -0.152. The Kier molecular flexibility index (Phi) is 3.69. The number of likely N-dealkylation sites (N-methyl/N-ethyl adjacent to an activating group) is 1. The number of carbonyl (C=O) groups excluding carboxylic acids is 1. The Labute approximate surface area is 78.6 Å². The van der Waals surface area contributed by atoms with E-state index in [-0.39, 0.29) is 24.0 Å². The molecule has 0 spiro atoms. The largest absolute Gasteiger partial charge is 0.463 e. The predicted octanol–water partition coefficient (Wildman–Crippen LogP) is 0.172. The van der Waals surface area contributed by atoms with Gasteiger partial charge in [-0.15, -0.1) is 0 Å². The standard InChI is InChI=1S/C9H17NO3/c1-6(2)13-9(11)7-4-12-5-8(7)10-3/h6-8,10H,4-5H2,1-3H3. The van der Waals surface area contributed by atoms with Crippen molar-refractivity contribution in [3.8, 4) is 0 Å². The molecule has 0 aromatic rings. The first-order chi connectivity index (χ1) is 6.15. The van der Waals surface area contributed by atoms with E-state index in [0.29, 0.717) is 13.2 Å². The summed E-state index contributed by atoms with van der Waals surface area (Å²) in [5, 5.41) is 3.04. The van der Waals surface area contributed by atoms with Gasteiger partial charge in [-0.05, 0) is 20.9 Å². The minimum atomic E-state index is -0.160. The fourth-order valence-electron chi connectivity index (χ4n) is 1.39. The lowest BCUT2D eigenvalue weighted by atomic mass is 10.0. The molecular weight excluding hydrogens is 170 g/mol. The summed E-state index contributed by atoms with van der Waals surface area (Å²) in [5.41, 5.74) is 0. The molecule has 2 atom stereocenters. The van der Waals surface area contributed by atoms with Crippen molar-refractivity contribution < 1.29 is 14.3 Å². The van der Waals surface area contributed by atoms with Crippen LogP contribution in [0.15, 0.2) is 0 Å². The number of nitrogens with one attached hydrogen (secondary N) is 1. The summed E-state index contributed by atoms with van der Waals surface area (Å²) < 4.78 is 10.3. The summed E-state index contributed by atoms with van der Waals surface area (Å²) in [6.07, 6.45) is -0.0504. The minimum absolute atomic E-state index is 0.0504. The number of esters is 1. The normalized spacial score (nSPS) is 28.0. The van der Waals surface area contributed by atoms with E-state index in [1.54, 1.807) is 0 Å². The van der Waals surface area contributed by atoms with Crippen molar-refractivity contribution in [3.63, 3.8) is 0 Å². The van der Waals surface area contributed by atoms with Crippen LogP contribution >= 0.6 is 0 Å². The van der Waals surface area contributed by atoms with E-state index in [1.807, 2.05) is 20.9 Å². The minimum Gasteiger partial charge on any atom is -0.463 e. The van der Waals surface area contributed by atoms with Gasteiger partial charge in [0.15, 0.2) is 0 Å². The summed E-state index contributed by atoms with van der Waals surface area (Å²) >= 11 is 0. The average molecular weight is 187 g/mol. The summed E-state index contributed by atoms with van der Waals surface area (Å²) in [5.74, 6) is -0.306. The molecule has 0 amide bonds. The highest BCUT2D eigenvalue weighted by atomic mass is 16.5. The van der Waals surface area contributed by atoms with Crippen LogP contribution in [0.4, 0.5) is 0 Å². The van der Waals surface area contributed by atoms with Crippen molar-refractivity contribution in [1.82, 2.24) is 5.32 Å². The topological polar surface area (TPSA) is 47.6 Å². The second-order valence-corrected chi connectivity index (χ2v) is 3.52. The molecule has 4 heteroatoms. The fourth-order valence-corrected chi connectivity index (χ4v) is 1.39. The van der Waals surface area contributed by atoms with E-state index in [1.165, 1.54) is 0 Å². The maximum absolute atomic E-state index is 11.5. The molecule has 0 aromatic heterocycles. The zero-order valence-electron chi connectivity index (χ0n) is 8.37. The van der Waals surface area contributed by atoms with Gasteiger partial charge in [0.25, 0.3) is 0 Å². The van der Waals surface area contributed by atoms with Crippen LogP contribution in [0.2, 0.25) is 0 Å². The average Bonchev–Trinajstić information content (AvgIpc) is 2.49. The van der Waals surface area contributed by atoms with Crippen LogP contribution in [0.25, 0.3) is 0 Å². The highest BCUT2D eigenvalue weighted by Crippen LogP contribution is 2.15. The Balaban J connectivity index is 2.45. The van der Waals surface area contributed by atoms with Crippen molar-refractivity contribution >= 4 is 5.97 Å². The van der Waals surface area contributed by atoms with E-state index >= 15 is 0 Å². The van der Waals surface area contributed by atoms with Crippen LogP contribution in [0, 0.1) is 5.92 Å². The van der Waals surface area contributed by atoms with E-state index in [9.17, 15) is 4.79 Å². The van der Waals surface area contributed by atoms with Gasteiger partial charge < -0.3 is 14.8 Å². The van der Waals surface area contributed by atoms with Gasteiger partial charge >= 0.3 is 5.97 Å². The predicted molar refractivity (Wildman–Crippen MR) is 48.4 cm³/mol. The number of rotatable bonds is 3. The zero-order chi connectivity index (χ0) is 9.84. The number of hydrogen-bond acceptors (Lipinski definition) is 4. The number of hydrogen-bond donors (Lipinski definition) is 1. The summed E-state index contributed by atoms with van der Waals surface area (Å²) in [4.78, 5) is 11.5. The van der Waals surface area contributed by atoms with Crippen molar-refractivity contribution in [2.24, 2.45) is 5.92 Å². The van der Waals surface area contributed by atoms with Crippen LogP contribution in [-0.2, 0) is 14.3 Å². The van der Waals surface area contributed by atoms with Crippen LogP contribution in [0.5, 0.6) is 0 Å². The molecule has 1 saturated heterocycles. The first kappa shape index (κ1) is 10.5. The van der Waals surface area contributed by atoms with Gasteiger partial charge in [0.1, 0.15) is 0 Å². The van der Waals surface area contributed by atoms with E-state index in [4.69, 9.17) is 9.47 Å². The molecule has 1 rings (SSSR count). The van der Waals surface area contributed by atoms with E-state index in [2.05, 4.69) is 5.32 Å². The Bertz CT molecular complexity index is 182. The monoisotopic (exact) mass is 187 g/mol. The molecule has 76 valence electrons. The zero-order valence-corrected chi connectivity index (χ0v) is 8.37. The molecule has 1 fully saturated rings. The van der Waals surface area contributed by atoms with Crippen LogP contribution < -0.4 is 5.32 Å². The first-order valence-corrected chi connectivity index (χ1v) is 4.60. The highest BCUT2D eigenvalue weighted by Gasteiger charge is 2.34. The molecule has 2 unspecified atom stereocenters. The van der Waals surface area contributed by atoms with Crippen molar-refractivity contribution in [2.45, 2.75) is 26.0 Å². The van der Waals surface area contributed by atoms with E-state index in [0.717, 1.165) is 0 Å². The maximum Gasteiger partial charge on any atom is 0.313 e. The van der Waals surface area contributed by atoms with Gasteiger partial charge in [-0.2, -0.15) is 0 Å². The fraction of sp³-hybridized carbons (Fsp3) is 0.889. The Morgan fingerprint density at radius 3 is 2.77 bits per heavy atom. The quantitative estimate of drug-likeness (QED) is 0.640. The molecule has 0 bridgehead atoms. The third-order valence-electron chi connectivity index (χ3n) is 2.11. The van der Waals surface area contributed by atoms with Crippen molar-refractivity contribution in [3.05, 3.63) is 0 Å². The SMILES string of the molecule is CNC1COCC1C(=O)OC(C)C. The smallest absolute Gasteiger partial charge is 0.313 e. The lowest BCUT2D eigenvalue weighted by Crippen LogP contribution is -2.38. The van der Waals surface area contributed by atoms with Gasteiger partial charge in [-0.25, -0.2) is 0 Å². The van der Waals surface area contributed by atoms with Crippen LogP contribution in [0.1, 0.15) is 13.8 Å². The Hall–Kier alpha value is -0.610. The Morgan fingerprint density at radius 2 is 2.23 bits per heavy atom. The van der Waals surface area contributed by atoms with Gasteiger partial charge in [0.05, 0.1) is 25.2 Å². The molecular formula is C9H17NO3. The van der Waals surface area contributed by atoms with E-state index < -0.39 is 0 Å². The number of ether oxygens (including phenoxy) is 2. The molecule has 1 N–H and O–H groups in total. The van der Waals surface area contributed by atoms with Gasteiger partial charge in [0.2, 0.25) is 0 Å². The lowest BCUT2D eigenvalue weighted by Gasteiger charge is -2.17. The van der Waals surface area contributed by atoms with Gasteiger partial charge in [-0.3, -0.25) is 4.79 Å². The first-order valence-electron chi connectivity index (χ1n) is 4.60. The third-order valence-corrected chi connectivity index (χ3v) is 2.11. The summed E-state index contributed by atoms with van der Waals surface area (Å²) in [6, 6.07) is 0.103. The van der Waals surface area contributed by atoms with Gasteiger partial charge in [0, 0.05) is 6.04 Å². The number of carbonyl (C=O) groups is 1. The second kappa shape index (κ2) is 4.58. The maximum atomic E-state index is 11.5. The summed E-state index contributed by atoms with van der Waals surface area (Å²) in [6.45, 7) is 4.76. The molecule has 13 heavy (non-hydrogen) atoms. The van der Waals surface area contributed by atoms with Crippen molar-refractivity contribution in [2.75, 3.05) is 20.3 Å². The summed E-state index contributed by atoms with van der Waals surface area (Å²) in [7, 11) is 1.83. The Morgan fingerprint density at radius 1 is 1.54 bits per heavy atom. The van der Waals surface area contributed by atoms with Crippen LogP contribution in [0.3, 0.4) is 0 Å².